The Morgan fingerprint density at radius 3 is 1.31 bits per heavy atom. The van der Waals surface area contributed by atoms with E-state index in [0.717, 1.165) is 26.3 Å². The zero-order chi connectivity index (χ0) is 81.7. The summed E-state index contributed by atoms with van der Waals surface area (Å²) in [5.74, 6) is -6.61. The Kier molecular flexibility index (Phi) is 27.7. The van der Waals surface area contributed by atoms with Crippen molar-refractivity contribution in [2.75, 3.05) is 39.4 Å². The molecule has 2 amide bonds. The maximum atomic E-state index is 13.4. The predicted molar refractivity (Wildman–Crippen MR) is 411 cm³/mol. The number of benzene rings is 5. The smallest absolute Gasteiger partial charge is 0.345 e. The van der Waals surface area contributed by atoms with Gasteiger partial charge in [0.15, 0.2) is 23.0 Å². The van der Waals surface area contributed by atoms with Crippen molar-refractivity contribution in [3.63, 3.8) is 0 Å². The fourth-order valence-corrected chi connectivity index (χ4v) is 11.4. The number of carboxylic acids is 1. The number of aromatic amines is 1. The summed E-state index contributed by atoms with van der Waals surface area (Å²) in [6, 6.07) is 44.9. The third kappa shape index (κ3) is 20.4. The molecule has 0 spiro atoms. The number of carbonyl (C=O) groups is 5. The average Bonchev–Trinajstić information content (AvgIpc) is 0.778. The maximum absolute atomic E-state index is 13.4. The summed E-state index contributed by atoms with van der Waals surface area (Å²) in [6.45, 7) is 9.50. The molecule has 113 heavy (non-hydrogen) atoms. The minimum absolute atomic E-state index is 0.00806. The quantitative estimate of drug-likeness (QED) is 0.0159. The molecule has 586 valence electrons. The third-order valence-electron chi connectivity index (χ3n) is 17.0. The molecule has 0 unspecified atom stereocenters. The van der Waals surface area contributed by atoms with E-state index < -0.39 is 93.4 Å². The highest BCUT2D eigenvalue weighted by atomic mass is 16.5. The molecule has 0 aliphatic rings. The van der Waals surface area contributed by atoms with Crippen molar-refractivity contribution >= 4 is 62.6 Å². The number of aromatic nitrogens is 4. The number of esters is 2. The van der Waals surface area contributed by atoms with Gasteiger partial charge in [-0.25, -0.2) is 24.0 Å². The van der Waals surface area contributed by atoms with Crippen LogP contribution < -0.4 is 64.5 Å². The van der Waals surface area contributed by atoms with Gasteiger partial charge in [0.25, 0.3) is 34.1 Å². The second kappa shape index (κ2) is 38.0. The first-order valence-corrected chi connectivity index (χ1v) is 34.8. The van der Waals surface area contributed by atoms with E-state index in [1.54, 1.807) is 100 Å². The SMILES string of the molecule is CCOC(=O)c1cc(C)[nH]c(=O)c1OCc1ccccc1.CCOC(=O)c1cc(C)n(Cc2c(O)c3ccccc3oc2=O)c(=O)c1OCc1ccccc1.Cc1cc(C(=O)NCCNCCNC(=O)c2cc(C)n(Cc3c(O)c4ccccc4oc3=O)c(=O)c2O)c(O)c(=O)n1CC(=O)O.O=c1cc(O)c2ccccc2o1. The van der Waals surface area contributed by atoms with E-state index in [1.807, 2.05) is 60.7 Å². The number of hydrogen-bond donors (Lipinski definition) is 10. The number of amides is 2. The number of aromatic hydroxyl groups is 5. The van der Waals surface area contributed by atoms with Crippen LogP contribution in [0.4, 0.5) is 0 Å². The molecule has 12 rings (SSSR count). The lowest BCUT2D eigenvalue weighted by Crippen LogP contribution is -2.37. The molecule has 0 fully saturated rings. The van der Waals surface area contributed by atoms with Crippen LogP contribution in [-0.4, -0.2) is 118 Å². The number of nitrogens with one attached hydrogen (secondary N) is 4. The van der Waals surface area contributed by atoms with Crippen molar-refractivity contribution in [1.29, 1.82) is 0 Å². The van der Waals surface area contributed by atoms with Crippen LogP contribution in [0.15, 0.2) is 211 Å². The van der Waals surface area contributed by atoms with Crippen molar-refractivity contribution in [1.82, 2.24) is 34.6 Å². The second-order valence-corrected chi connectivity index (χ2v) is 24.8. The highest BCUT2D eigenvalue weighted by Crippen LogP contribution is 2.30. The van der Waals surface area contributed by atoms with Crippen LogP contribution in [0.3, 0.4) is 0 Å². The number of hydrogen-bond acceptors (Lipinski definition) is 25. The van der Waals surface area contributed by atoms with E-state index in [0.29, 0.717) is 27.7 Å². The number of pyridine rings is 4. The van der Waals surface area contributed by atoms with Crippen LogP contribution in [0.1, 0.15) is 100 Å². The van der Waals surface area contributed by atoms with E-state index in [2.05, 4.69) is 20.9 Å². The van der Waals surface area contributed by atoms with Gasteiger partial charge in [-0.2, -0.15) is 0 Å². The molecule has 0 saturated carbocycles. The van der Waals surface area contributed by atoms with Gasteiger partial charge in [0.1, 0.15) is 64.9 Å². The van der Waals surface area contributed by atoms with E-state index in [-0.39, 0.29) is 149 Å². The van der Waals surface area contributed by atoms with Gasteiger partial charge >= 0.3 is 34.8 Å². The molecule has 10 N–H and O–H groups in total. The normalized spacial score (nSPS) is 10.7. The van der Waals surface area contributed by atoms with E-state index >= 15 is 0 Å². The Bertz CT molecular complexity index is 6000. The lowest BCUT2D eigenvalue weighted by molar-refractivity contribution is -0.137. The number of carbonyl (C=O) groups excluding carboxylic acids is 4. The third-order valence-corrected chi connectivity index (χ3v) is 17.0. The Labute approximate surface area is 639 Å². The van der Waals surface area contributed by atoms with Gasteiger partial charge in [-0.1, -0.05) is 97.1 Å². The van der Waals surface area contributed by atoms with Crippen LogP contribution in [0, 0.1) is 27.7 Å². The minimum atomic E-state index is -1.28. The predicted octanol–water partition coefficient (Wildman–Crippen LogP) is 7.44. The van der Waals surface area contributed by atoms with Crippen LogP contribution >= 0.6 is 0 Å². The fraction of sp³-hybridized carbons (Fsp3) is 0.210. The van der Waals surface area contributed by atoms with Crippen LogP contribution in [-0.2, 0) is 47.1 Å². The Morgan fingerprint density at radius 1 is 0.442 bits per heavy atom. The lowest BCUT2D eigenvalue weighted by atomic mass is 10.1. The molecule has 0 aliphatic carbocycles. The number of rotatable bonds is 24. The van der Waals surface area contributed by atoms with E-state index in [1.165, 1.54) is 42.7 Å². The minimum Gasteiger partial charge on any atom is -0.507 e. The van der Waals surface area contributed by atoms with Gasteiger partial charge in [0.2, 0.25) is 0 Å². The van der Waals surface area contributed by atoms with Gasteiger partial charge in [-0.15, -0.1) is 0 Å². The molecule has 5 aromatic carbocycles. The van der Waals surface area contributed by atoms with Crippen LogP contribution in [0.2, 0.25) is 0 Å². The molecule has 7 heterocycles. The lowest BCUT2D eigenvalue weighted by Gasteiger charge is -2.16. The molecule has 32 heteroatoms. The standard InChI is InChI=1S/C30H31N5O11.C26H23NO7.C16H17NO4.C9H6O3/c1-15-11-18(24(39)28(43)34(15)13-20-23(38)17-5-3-4-6-21(17)46-30(20)45)26(41)32-9-7-31-8-10-33-27(42)19-12-16(2)35(14-22(36)37)29(44)25(19)40;1-3-32-25(30)19-13-16(2)27(24(29)23(19)33-15-17-9-5-4-6-10-17)14-20-22(28)18-11-7-8-12-21(18)34-26(20)31;1-3-20-16(19)13-9-11(2)17-15(18)14(13)21-10-12-7-5-4-6-8-12;10-7-5-9(11)12-8-4-2-1-3-6(7)8/h3-6,11-12,31,38-40H,7-10,13-14H2,1-2H3,(H,32,41)(H,33,42)(H,36,37);4-13,28H,3,14-15H2,1-2H3;4-9H,3,10H2,1-2H3,(H,17,18);1-5,10H. The average molecular weight is 1550 g/mol. The summed E-state index contributed by atoms with van der Waals surface area (Å²) in [4.78, 5) is 150. The molecule has 0 radical (unpaired) electrons. The Hall–Kier alpha value is -14.6. The second-order valence-electron chi connectivity index (χ2n) is 24.8. The number of fused-ring (bicyclic) bond motifs is 3. The Balaban J connectivity index is 0.000000190. The highest BCUT2D eigenvalue weighted by Gasteiger charge is 2.27. The monoisotopic (exact) mass is 1550 g/mol. The largest absolute Gasteiger partial charge is 0.507 e. The van der Waals surface area contributed by atoms with E-state index in [4.69, 9.17) is 37.3 Å². The molecule has 12 aromatic rings. The van der Waals surface area contributed by atoms with Crippen LogP contribution in [0.5, 0.6) is 40.2 Å². The number of ether oxygens (including phenoxy) is 4. The number of aliphatic carboxylic acids is 1. The fourth-order valence-electron chi connectivity index (χ4n) is 11.4. The maximum Gasteiger partial charge on any atom is 0.345 e. The summed E-state index contributed by atoms with van der Waals surface area (Å²) in [7, 11) is 0. The molecule has 0 bridgehead atoms. The van der Waals surface area contributed by atoms with Crippen LogP contribution in [0.25, 0.3) is 32.9 Å². The summed E-state index contributed by atoms with van der Waals surface area (Å²) in [5.41, 5.74) is -2.01. The highest BCUT2D eigenvalue weighted by molar-refractivity contribution is 5.98. The topological polar surface area (TPSA) is 469 Å². The first-order valence-electron chi connectivity index (χ1n) is 34.8. The van der Waals surface area contributed by atoms with Crippen molar-refractivity contribution in [3.8, 4) is 40.2 Å². The van der Waals surface area contributed by atoms with Gasteiger partial charge in [-0.3, -0.25) is 38.1 Å². The van der Waals surface area contributed by atoms with Crippen molar-refractivity contribution < 1.29 is 86.8 Å². The molecular weight excluding hydrogens is 1470 g/mol. The summed E-state index contributed by atoms with van der Waals surface area (Å²) < 4.78 is 39.9. The van der Waals surface area contributed by atoms with Gasteiger partial charge in [-0.05, 0) is 113 Å². The van der Waals surface area contributed by atoms with Crippen molar-refractivity contribution in [2.24, 2.45) is 0 Å². The first kappa shape index (κ1) is 82.5. The van der Waals surface area contributed by atoms with Crippen molar-refractivity contribution in [3.05, 3.63) is 304 Å². The van der Waals surface area contributed by atoms with Gasteiger partial charge in [0, 0.05) is 49.0 Å². The van der Waals surface area contributed by atoms with Gasteiger partial charge < -0.3 is 92.9 Å². The summed E-state index contributed by atoms with van der Waals surface area (Å²) >= 11 is 0. The molecule has 0 atom stereocenters. The summed E-state index contributed by atoms with van der Waals surface area (Å²) in [5, 5.41) is 69.4. The van der Waals surface area contributed by atoms with Gasteiger partial charge in [0.05, 0.1) is 70.8 Å². The first-order chi connectivity index (χ1) is 54.1. The van der Waals surface area contributed by atoms with Crippen molar-refractivity contribution in [2.45, 2.75) is 74.4 Å². The zero-order valence-electron chi connectivity index (χ0n) is 61.6. The Morgan fingerprint density at radius 2 is 0.841 bits per heavy atom. The number of carboxylic acid groups (broad SMARTS) is 1. The molecule has 32 nitrogen and oxygen atoms in total. The molecule has 0 aliphatic heterocycles. The molecule has 7 aromatic heterocycles. The molecular formula is C81H77N7O25. The van der Waals surface area contributed by atoms with E-state index in [9.17, 15) is 83.1 Å². The zero-order valence-corrected chi connectivity index (χ0v) is 61.6. The number of para-hydroxylation sites is 3. The summed E-state index contributed by atoms with van der Waals surface area (Å²) in [6.07, 6.45) is 0. The number of aryl methyl sites for hydroxylation is 4. The number of nitrogens with zero attached hydrogens (tertiary/aromatic N) is 3. The molecule has 0 saturated heterocycles. The number of H-pyrrole nitrogens is 1.